The quantitative estimate of drug-likeness (QED) is 0.694. The summed E-state index contributed by atoms with van der Waals surface area (Å²) in [5.41, 5.74) is 7.08. The molecule has 1 aromatic carbocycles. The van der Waals surface area contributed by atoms with Gasteiger partial charge in [0.25, 0.3) is 0 Å². The maximum atomic E-state index is 11.9. The number of benzene rings is 1. The van der Waals surface area contributed by atoms with Gasteiger partial charge < -0.3 is 20.9 Å². The number of rotatable bonds is 3. The van der Waals surface area contributed by atoms with Gasteiger partial charge in [-0.1, -0.05) is 18.2 Å². The first-order chi connectivity index (χ1) is 8.22. The van der Waals surface area contributed by atoms with Crippen molar-refractivity contribution in [2.45, 2.75) is 12.6 Å². The van der Waals surface area contributed by atoms with Crippen molar-refractivity contribution in [1.82, 2.24) is 0 Å². The zero-order valence-corrected chi connectivity index (χ0v) is 9.43. The summed E-state index contributed by atoms with van der Waals surface area (Å²) in [6.07, 6.45) is 0. The Balaban J connectivity index is 2.07. The van der Waals surface area contributed by atoms with E-state index in [1.807, 2.05) is 6.07 Å². The molecule has 2 unspecified atom stereocenters. The molecule has 1 aromatic rings. The van der Waals surface area contributed by atoms with Crippen LogP contribution in [-0.4, -0.2) is 30.3 Å². The molecule has 1 fully saturated rings. The van der Waals surface area contributed by atoms with E-state index in [2.05, 4.69) is 5.32 Å². The van der Waals surface area contributed by atoms with Gasteiger partial charge in [-0.25, -0.2) is 0 Å². The van der Waals surface area contributed by atoms with Gasteiger partial charge in [-0.2, -0.15) is 0 Å². The number of aliphatic hydroxyl groups excluding tert-OH is 1. The highest BCUT2D eigenvalue weighted by atomic mass is 16.5. The van der Waals surface area contributed by atoms with Crippen molar-refractivity contribution in [2.75, 3.05) is 18.5 Å². The lowest BCUT2D eigenvalue weighted by atomic mass is 10.0. The van der Waals surface area contributed by atoms with Gasteiger partial charge in [0.15, 0.2) is 0 Å². The Morgan fingerprint density at radius 3 is 2.88 bits per heavy atom. The molecule has 0 spiro atoms. The van der Waals surface area contributed by atoms with E-state index in [9.17, 15) is 4.79 Å². The molecule has 0 saturated carbocycles. The van der Waals surface area contributed by atoms with Crippen LogP contribution in [0.15, 0.2) is 24.3 Å². The number of nitrogens with one attached hydrogen (secondary N) is 1. The normalized spacial score (nSPS) is 23.6. The fraction of sp³-hybridized carbons (Fsp3) is 0.417. The molecule has 5 nitrogen and oxygen atoms in total. The van der Waals surface area contributed by atoms with Crippen LogP contribution < -0.4 is 11.1 Å². The number of nitrogens with two attached hydrogens (primary N) is 1. The van der Waals surface area contributed by atoms with Crippen molar-refractivity contribution < 1.29 is 14.6 Å². The number of para-hydroxylation sites is 1. The molecule has 1 heterocycles. The lowest BCUT2D eigenvalue weighted by Crippen LogP contribution is -2.37. The molecule has 17 heavy (non-hydrogen) atoms. The van der Waals surface area contributed by atoms with E-state index in [1.54, 1.807) is 18.2 Å². The minimum absolute atomic E-state index is 0.107. The minimum Gasteiger partial charge on any atom is -0.392 e. The van der Waals surface area contributed by atoms with E-state index >= 15 is 0 Å². The Hall–Kier alpha value is -1.43. The molecule has 1 saturated heterocycles. The topological polar surface area (TPSA) is 84.6 Å². The number of amides is 1. The van der Waals surface area contributed by atoms with Crippen molar-refractivity contribution in [2.24, 2.45) is 11.7 Å². The van der Waals surface area contributed by atoms with Crippen LogP contribution in [0.1, 0.15) is 5.56 Å². The first-order valence-electron chi connectivity index (χ1n) is 5.55. The highest BCUT2D eigenvalue weighted by Gasteiger charge is 2.31. The van der Waals surface area contributed by atoms with Crippen LogP contribution in [0.25, 0.3) is 0 Å². The zero-order chi connectivity index (χ0) is 12.3. The second-order valence-electron chi connectivity index (χ2n) is 4.11. The van der Waals surface area contributed by atoms with Crippen LogP contribution in [0.4, 0.5) is 5.69 Å². The Kier molecular flexibility index (Phi) is 3.73. The van der Waals surface area contributed by atoms with Gasteiger partial charge in [0, 0.05) is 17.3 Å². The first kappa shape index (κ1) is 12.0. The number of aliphatic hydroxyl groups is 1. The molecule has 92 valence electrons. The van der Waals surface area contributed by atoms with Gasteiger partial charge in [0.05, 0.1) is 25.7 Å². The molecule has 1 amide bonds. The molecule has 0 aromatic heterocycles. The second-order valence-corrected chi connectivity index (χ2v) is 4.11. The molecular formula is C12H16N2O3. The summed E-state index contributed by atoms with van der Waals surface area (Å²) >= 11 is 0. The molecular weight excluding hydrogens is 220 g/mol. The zero-order valence-electron chi connectivity index (χ0n) is 9.43. The molecule has 0 bridgehead atoms. The highest BCUT2D eigenvalue weighted by molar-refractivity contribution is 5.94. The Morgan fingerprint density at radius 2 is 2.24 bits per heavy atom. The summed E-state index contributed by atoms with van der Waals surface area (Å²) < 4.78 is 5.15. The van der Waals surface area contributed by atoms with E-state index in [0.29, 0.717) is 24.5 Å². The third kappa shape index (κ3) is 2.63. The molecule has 4 N–H and O–H groups in total. The fourth-order valence-corrected chi connectivity index (χ4v) is 1.85. The Morgan fingerprint density at radius 1 is 1.47 bits per heavy atom. The molecule has 1 aliphatic heterocycles. The van der Waals surface area contributed by atoms with Crippen molar-refractivity contribution >= 4 is 11.6 Å². The number of hydrogen-bond acceptors (Lipinski definition) is 4. The first-order valence-corrected chi connectivity index (χ1v) is 5.55. The highest BCUT2D eigenvalue weighted by Crippen LogP contribution is 2.18. The monoisotopic (exact) mass is 236 g/mol. The Labute approximate surface area is 99.6 Å². The largest absolute Gasteiger partial charge is 0.392 e. The summed E-state index contributed by atoms with van der Waals surface area (Å²) in [4.78, 5) is 11.9. The summed E-state index contributed by atoms with van der Waals surface area (Å²) in [7, 11) is 0. The van der Waals surface area contributed by atoms with Gasteiger partial charge >= 0.3 is 0 Å². The average molecular weight is 236 g/mol. The van der Waals surface area contributed by atoms with E-state index in [0.717, 1.165) is 0 Å². The predicted octanol–water partition coefficient (Wildman–Crippen LogP) is 0.0911. The van der Waals surface area contributed by atoms with Gasteiger partial charge in [-0.05, 0) is 6.07 Å². The van der Waals surface area contributed by atoms with Gasteiger partial charge in [0.1, 0.15) is 0 Å². The third-order valence-electron chi connectivity index (χ3n) is 2.91. The molecule has 0 radical (unpaired) electrons. The summed E-state index contributed by atoms with van der Waals surface area (Å²) in [6, 6.07) is 6.88. The molecule has 5 heteroatoms. The van der Waals surface area contributed by atoms with Gasteiger partial charge in [-0.3, -0.25) is 4.79 Å². The van der Waals surface area contributed by atoms with Crippen molar-refractivity contribution in [3.63, 3.8) is 0 Å². The van der Waals surface area contributed by atoms with E-state index in [1.165, 1.54) is 0 Å². The predicted molar refractivity (Wildman–Crippen MR) is 63.3 cm³/mol. The third-order valence-corrected chi connectivity index (χ3v) is 2.91. The minimum atomic E-state index is -0.318. The number of anilines is 1. The van der Waals surface area contributed by atoms with Crippen LogP contribution in [0.5, 0.6) is 0 Å². The standard InChI is InChI=1S/C12H16N2O3/c13-10-7-17-6-9(10)12(16)14-11-4-2-1-3-8(11)5-15/h1-4,9-10,15H,5-7,13H2,(H,14,16). The molecule has 2 rings (SSSR count). The molecule has 1 aliphatic rings. The van der Waals surface area contributed by atoms with E-state index in [-0.39, 0.29) is 24.5 Å². The maximum absolute atomic E-state index is 11.9. The van der Waals surface area contributed by atoms with E-state index < -0.39 is 0 Å². The maximum Gasteiger partial charge on any atom is 0.231 e. The smallest absolute Gasteiger partial charge is 0.231 e. The van der Waals surface area contributed by atoms with Crippen LogP contribution in [0.2, 0.25) is 0 Å². The lowest BCUT2D eigenvalue weighted by molar-refractivity contribution is -0.120. The number of ether oxygens (including phenoxy) is 1. The fourth-order valence-electron chi connectivity index (χ4n) is 1.85. The van der Waals surface area contributed by atoms with Crippen LogP contribution in [-0.2, 0) is 16.1 Å². The van der Waals surface area contributed by atoms with Gasteiger partial charge in [-0.15, -0.1) is 0 Å². The number of carbonyl (C=O) groups excluding carboxylic acids is 1. The van der Waals surface area contributed by atoms with Crippen LogP contribution >= 0.6 is 0 Å². The van der Waals surface area contributed by atoms with Crippen molar-refractivity contribution in [3.05, 3.63) is 29.8 Å². The SMILES string of the molecule is NC1COCC1C(=O)Nc1ccccc1CO. The van der Waals surface area contributed by atoms with E-state index in [4.69, 9.17) is 15.6 Å². The molecule has 0 aliphatic carbocycles. The summed E-state index contributed by atoms with van der Waals surface area (Å²) in [5.74, 6) is -0.474. The summed E-state index contributed by atoms with van der Waals surface area (Å²) in [5, 5.41) is 11.9. The van der Waals surface area contributed by atoms with Gasteiger partial charge in [0.2, 0.25) is 5.91 Å². The average Bonchev–Trinajstić information content (AvgIpc) is 2.76. The second kappa shape index (κ2) is 5.27. The van der Waals surface area contributed by atoms with Crippen LogP contribution in [0.3, 0.4) is 0 Å². The Bertz CT molecular complexity index is 408. The van der Waals surface area contributed by atoms with Crippen LogP contribution in [0, 0.1) is 5.92 Å². The lowest BCUT2D eigenvalue weighted by Gasteiger charge is -2.15. The summed E-state index contributed by atoms with van der Waals surface area (Å²) in [6.45, 7) is 0.664. The van der Waals surface area contributed by atoms with Crippen molar-refractivity contribution in [3.8, 4) is 0 Å². The van der Waals surface area contributed by atoms with Crippen molar-refractivity contribution in [1.29, 1.82) is 0 Å². The number of hydrogen-bond donors (Lipinski definition) is 3. The molecule has 2 atom stereocenters. The number of carbonyl (C=O) groups is 1.